The summed E-state index contributed by atoms with van der Waals surface area (Å²) >= 11 is 0. The summed E-state index contributed by atoms with van der Waals surface area (Å²) in [5.74, 6) is 0. The highest BCUT2D eigenvalue weighted by Crippen LogP contribution is 2.51. The molecule has 1 aliphatic rings. The third kappa shape index (κ3) is 4.40. The van der Waals surface area contributed by atoms with E-state index in [1.165, 1.54) is 33.0 Å². The van der Waals surface area contributed by atoms with E-state index in [2.05, 4.69) is 183 Å². The molecule has 0 spiro atoms. The van der Waals surface area contributed by atoms with Crippen molar-refractivity contribution in [2.45, 2.75) is 19.3 Å². The second-order valence-corrected chi connectivity index (χ2v) is 15.7. The smallest absolute Gasteiger partial charge is 0.144 e. The van der Waals surface area contributed by atoms with E-state index < -0.39 is 0 Å². The first kappa shape index (κ1) is 31.3. The zero-order chi connectivity index (χ0) is 37.1. The van der Waals surface area contributed by atoms with Crippen LogP contribution in [0.4, 0.5) is 17.1 Å². The molecule has 1 aliphatic carbocycles. The van der Waals surface area contributed by atoms with Gasteiger partial charge in [-0.25, -0.2) is 0 Å². The zero-order valence-corrected chi connectivity index (χ0v) is 31.0. The number of fused-ring (bicyclic) bond motifs is 11. The first-order valence-electron chi connectivity index (χ1n) is 19.3. The maximum atomic E-state index is 6.94. The van der Waals surface area contributed by atoms with Gasteiger partial charge in [0.2, 0.25) is 0 Å². The molecule has 0 N–H and O–H groups in total. The minimum atomic E-state index is -0.123. The second-order valence-electron chi connectivity index (χ2n) is 15.7. The maximum Gasteiger partial charge on any atom is 0.144 e. The predicted molar refractivity (Wildman–Crippen MR) is 234 cm³/mol. The standard InChI is InChI=1S/C53H35NO2/c1-53(2)46-20-9-7-16-39(46)40-26-24-37(31-47(40)53)54(35-23-22-32-12-3-4-13-33(32)28-35)36-25-27-49-44(30-36)45-29-34-14-5-6-15-38(34)50(52(45)56-49)43-19-11-18-42-41-17-8-10-21-48(41)55-51(42)43/h3-31H,1-2H3. The molecule has 0 radical (unpaired) electrons. The molecule has 12 rings (SSSR count). The topological polar surface area (TPSA) is 29.5 Å². The minimum Gasteiger partial charge on any atom is -0.455 e. The Kier molecular flexibility index (Phi) is 6.40. The van der Waals surface area contributed by atoms with Crippen LogP contribution in [0, 0.1) is 0 Å². The Morgan fingerprint density at radius 2 is 1.00 bits per heavy atom. The third-order valence-electron chi connectivity index (χ3n) is 12.2. The molecule has 264 valence electrons. The van der Waals surface area contributed by atoms with E-state index >= 15 is 0 Å². The second kappa shape index (κ2) is 11.5. The fourth-order valence-corrected chi connectivity index (χ4v) is 9.51. The van der Waals surface area contributed by atoms with E-state index in [1.807, 2.05) is 12.1 Å². The molecule has 0 saturated carbocycles. The molecule has 0 atom stereocenters. The van der Waals surface area contributed by atoms with Crippen molar-refractivity contribution in [3.8, 4) is 22.3 Å². The molecule has 0 bridgehead atoms. The molecule has 56 heavy (non-hydrogen) atoms. The van der Waals surface area contributed by atoms with Gasteiger partial charge in [-0.1, -0.05) is 135 Å². The molecule has 0 saturated heterocycles. The van der Waals surface area contributed by atoms with E-state index in [1.54, 1.807) is 0 Å². The Hall–Kier alpha value is -7.10. The monoisotopic (exact) mass is 717 g/mol. The number of furan rings is 2. The number of rotatable bonds is 4. The van der Waals surface area contributed by atoms with Crippen LogP contribution in [-0.2, 0) is 5.41 Å². The Labute approximate surface area is 323 Å². The molecule has 3 heteroatoms. The van der Waals surface area contributed by atoms with Gasteiger partial charge in [-0.05, 0) is 98.4 Å². The third-order valence-corrected chi connectivity index (χ3v) is 12.2. The minimum absolute atomic E-state index is 0.123. The van der Waals surface area contributed by atoms with Crippen molar-refractivity contribution in [1.82, 2.24) is 0 Å². The van der Waals surface area contributed by atoms with Crippen molar-refractivity contribution in [3.63, 3.8) is 0 Å². The number of para-hydroxylation sites is 2. The Morgan fingerprint density at radius 3 is 1.91 bits per heavy atom. The van der Waals surface area contributed by atoms with Crippen LogP contribution in [0.3, 0.4) is 0 Å². The van der Waals surface area contributed by atoms with Crippen LogP contribution in [0.2, 0.25) is 0 Å². The molecule has 0 unspecified atom stereocenters. The van der Waals surface area contributed by atoms with Crippen LogP contribution in [0.1, 0.15) is 25.0 Å². The van der Waals surface area contributed by atoms with E-state index in [4.69, 9.17) is 8.83 Å². The molecule has 9 aromatic carbocycles. The van der Waals surface area contributed by atoms with Crippen LogP contribution < -0.4 is 4.90 Å². The Bertz CT molecular complexity index is 3420. The number of benzene rings is 9. The SMILES string of the molecule is CC1(C)c2ccccc2-c2ccc(N(c3ccc4ccccc4c3)c3ccc4oc5c(-c6cccc7c6oc6ccccc67)c6ccccc6cc5c4c3)cc21. The summed E-state index contributed by atoms with van der Waals surface area (Å²) in [6.45, 7) is 4.69. The van der Waals surface area contributed by atoms with Crippen LogP contribution >= 0.6 is 0 Å². The number of nitrogens with zero attached hydrogens (tertiary/aromatic N) is 1. The number of anilines is 3. The summed E-state index contributed by atoms with van der Waals surface area (Å²) in [5, 5.41) is 9.07. The van der Waals surface area contributed by atoms with Crippen LogP contribution in [0.5, 0.6) is 0 Å². The van der Waals surface area contributed by atoms with Gasteiger partial charge in [-0.15, -0.1) is 0 Å². The van der Waals surface area contributed by atoms with Crippen molar-refractivity contribution in [2.24, 2.45) is 0 Å². The average Bonchev–Trinajstić information content (AvgIpc) is 3.87. The highest BCUT2D eigenvalue weighted by Gasteiger charge is 2.36. The summed E-state index contributed by atoms with van der Waals surface area (Å²) in [6.07, 6.45) is 0. The molecule has 0 fully saturated rings. The van der Waals surface area contributed by atoms with Crippen molar-refractivity contribution in [1.29, 1.82) is 0 Å². The summed E-state index contributed by atoms with van der Waals surface area (Å²) in [6, 6.07) is 63.5. The highest BCUT2D eigenvalue weighted by atomic mass is 16.3. The first-order valence-corrected chi connectivity index (χ1v) is 19.3. The quantitative estimate of drug-likeness (QED) is 0.182. The van der Waals surface area contributed by atoms with Gasteiger partial charge in [0.1, 0.15) is 22.3 Å². The van der Waals surface area contributed by atoms with Crippen LogP contribution in [-0.4, -0.2) is 0 Å². The van der Waals surface area contributed by atoms with Crippen molar-refractivity contribution >= 4 is 82.5 Å². The molecular weight excluding hydrogens is 683 g/mol. The molecular formula is C53H35NO2. The molecule has 0 amide bonds. The Balaban J connectivity index is 1.11. The van der Waals surface area contributed by atoms with Crippen LogP contribution in [0.15, 0.2) is 185 Å². The van der Waals surface area contributed by atoms with Gasteiger partial charge in [0.05, 0.1) is 0 Å². The van der Waals surface area contributed by atoms with Gasteiger partial charge >= 0.3 is 0 Å². The fourth-order valence-electron chi connectivity index (χ4n) is 9.51. The molecule has 11 aromatic rings. The lowest BCUT2D eigenvalue weighted by molar-refractivity contribution is 0.660. The zero-order valence-electron chi connectivity index (χ0n) is 31.0. The van der Waals surface area contributed by atoms with Gasteiger partial charge in [0.25, 0.3) is 0 Å². The van der Waals surface area contributed by atoms with Gasteiger partial charge in [0, 0.05) is 55.1 Å². The molecule has 2 heterocycles. The number of hydrogen-bond acceptors (Lipinski definition) is 3. The van der Waals surface area contributed by atoms with Gasteiger partial charge in [0.15, 0.2) is 0 Å². The summed E-state index contributed by atoms with van der Waals surface area (Å²) in [7, 11) is 0. The average molecular weight is 718 g/mol. The lowest BCUT2D eigenvalue weighted by atomic mass is 9.82. The first-order chi connectivity index (χ1) is 27.5. The van der Waals surface area contributed by atoms with E-state index in [-0.39, 0.29) is 5.41 Å². The lowest BCUT2D eigenvalue weighted by Crippen LogP contribution is -2.16. The summed E-state index contributed by atoms with van der Waals surface area (Å²) in [5.41, 5.74) is 14.0. The molecule has 3 nitrogen and oxygen atoms in total. The largest absolute Gasteiger partial charge is 0.455 e. The van der Waals surface area contributed by atoms with Gasteiger partial charge in [-0.2, -0.15) is 0 Å². The molecule has 2 aromatic heterocycles. The van der Waals surface area contributed by atoms with E-state index in [9.17, 15) is 0 Å². The summed E-state index contributed by atoms with van der Waals surface area (Å²) < 4.78 is 13.5. The summed E-state index contributed by atoms with van der Waals surface area (Å²) in [4.78, 5) is 2.40. The van der Waals surface area contributed by atoms with E-state index in [0.717, 1.165) is 82.8 Å². The van der Waals surface area contributed by atoms with Crippen LogP contribution in [0.25, 0.3) is 87.7 Å². The maximum absolute atomic E-state index is 6.94. The van der Waals surface area contributed by atoms with Crippen molar-refractivity contribution in [3.05, 3.63) is 187 Å². The highest BCUT2D eigenvalue weighted by molar-refractivity contribution is 6.22. The van der Waals surface area contributed by atoms with Gasteiger partial charge < -0.3 is 13.7 Å². The fraction of sp³-hybridized carbons (Fsp3) is 0.0566. The number of hydrogen-bond donors (Lipinski definition) is 0. The molecule has 0 aliphatic heterocycles. The van der Waals surface area contributed by atoms with E-state index in [0.29, 0.717) is 0 Å². The predicted octanol–water partition coefficient (Wildman–Crippen LogP) is 15.2. The van der Waals surface area contributed by atoms with Gasteiger partial charge in [-0.3, -0.25) is 0 Å². The van der Waals surface area contributed by atoms with Crippen molar-refractivity contribution in [2.75, 3.05) is 4.90 Å². The lowest BCUT2D eigenvalue weighted by Gasteiger charge is -2.28. The normalized spacial score (nSPS) is 13.3. The Morgan fingerprint density at radius 1 is 0.375 bits per heavy atom. The van der Waals surface area contributed by atoms with Crippen molar-refractivity contribution < 1.29 is 8.83 Å².